The summed E-state index contributed by atoms with van der Waals surface area (Å²) in [6.45, 7) is 6.78. The first-order chi connectivity index (χ1) is 28.0. The van der Waals surface area contributed by atoms with Gasteiger partial charge in [-0.15, -0.1) is 0 Å². The molecule has 3 aliphatic rings. The topological polar surface area (TPSA) is 147 Å². The summed E-state index contributed by atoms with van der Waals surface area (Å²) in [7, 11) is 3.57. The van der Waals surface area contributed by atoms with Crippen LogP contribution in [0.1, 0.15) is 134 Å². The van der Waals surface area contributed by atoms with E-state index in [1.165, 1.54) is 12.5 Å². The number of ether oxygens (including phenoxy) is 2. The molecule has 2 aliphatic heterocycles. The third-order valence-electron chi connectivity index (χ3n) is 12.1. The average Bonchev–Trinajstić information content (AvgIpc) is 3.81. The summed E-state index contributed by atoms with van der Waals surface area (Å²) in [4.78, 5) is 32.6. The molecule has 4 bridgehead atoms. The van der Waals surface area contributed by atoms with Crippen molar-refractivity contribution in [2.45, 2.75) is 161 Å². The fourth-order valence-corrected chi connectivity index (χ4v) is 11.0. The van der Waals surface area contributed by atoms with Gasteiger partial charge in [-0.3, -0.25) is 9.59 Å². The summed E-state index contributed by atoms with van der Waals surface area (Å²) in [6, 6.07) is 14.6. The number of fused-ring (bicyclic) bond motifs is 4. The maximum absolute atomic E-state index is 13.8. The van der Waals surface area contributed by atoms with Crippen LogP contribution >= 0.6 is 21.6 Å². The molecule has 5 atom stereocenters. The predicted octanol–water partition coefficient (Wildman–Crippen LogP) is 8.94. The molecule has 12 heteroatoms. The number of hydrogen-bond acceptors (Lipinski definition) is 11. The molecule has 0 unspecified atom stereocenters. The van der Waals surface area contributed by atoms with Gasteiger partial charge in [0.25, 0.3) is 0 Å². The maximum Gasteiger partial charge on any atom is 0.302 e. The van der Waals surface area contributed by atoms with E-state index in [2.05, 4.69) is 54.5 Å². The molecule has 58 heavy (non-hydrogen) atoms. The predicted molar refractivity (Wildman–Crippen MR) is 238 cm³/mol. The van der Waals surface area contributed by atoms with Crippen molar-refractivity contribution in [2.24, 2.45) is 28.5 Å². The van der Waals surface area contributed by atoms with Gasteiger partial charge < -0.3 is 35.6 Å². The Hall–Kier alpha value is -3.09. The molecule has 1 saturated carbocycles. The number of aliphatic hydroxyl groups excluding tert-OH is 1. The Morgan fingerprint density at radius 1 is 1.00 bits per heavy atom. The summed E-state index contributed by atoms with van der Waals surface area (Å²) in [5.41, 5.74) is 9.31. The molecule has 2 heterocycles. The van der Waals surface area contributed by atoms with Crippen LogP contribution in [0.4, 0.5) is 0 Å². The number of nitrogens with one attached hydrogen (secondary N) is 1. The highest BCUT2D eigenvalue weighted by Gasteiger charge is 2.39. The first-order valence-electron chi connectivity index (χ1n) is 22.0. The summed E-state index contributed by atoms with van der Waals surface area (Å²) in [5.74, 6) is 3.49. The highest BCUT2D eigenvalue weighted by molar-refractivity contribution is 8.76. The van der Waals surface area contributed by atoms with Crippen molar-refractivity contribution in [3.8, 4) is 11.5 Å². The normalized spacial score (nSPS) is 25.3. The van der Waals surface area contributed by atoms with Gasteiger partial charge in [-0.25, -0.2) is 4.99 Å². The van der Waals surface area contributed by atoms with Gasteiger partial charge in [-0.2, -0.15) is 0 Å². The molecule has 1 saturated heterocycles. The van der Waals surface area contributed by atoms with E-state index in [0.717, 1.165) is 88.4 Å². The van der Waals surface area contributed by atoms with Crippen molar-refractivity contribution in [3.63, 3.8) is 0 Å². The van der Waals surface area contributed by atoms with E-state index >= 15 is 0 Å². The molecule has 322 valence electrons. The van der Waals surface area contributed by atoms with Gasteiger partial charge in [0.15, 0.2) is 17.5 Å². The quantitative estimate of drug-likeness (QED) is 0.143. The number of aromatic hydroxyl groups is 1. The zero-order chi connectivity index (χ0) is 41.3. The highest BCUT2D eigenvalue weighted by atomic mass is 33.1. The number of aryl methyl sites for hydroxylation is 2. The van der Waals surface area contributed by atoms with Crippen LogP contribution in [0.2, 0.25) is 0 Å². The molecule has 1 aliphatic carbocycles. The van der Waals surface area contributed by atoms with Crippen molar-refractivity contribution in [3.05, 3.63) is 59.2 Å². The molecule has 1 amide bonds. The Morgan fingerprint density at radius 2 is 1.76 bits per heavy atom. The van der Waals surface area contributed by atoms with Crippen molar-refractivity contribution in [2.75, 3.05) is 18.2 Å². The Kier molecular flexibility index (Phi) is 19.2. The SMILES string of the molecule is CC(=O)O[C@@H]1CCc2cc(c(O)c(OC3CCCC3)c2)CN2C(=O)C[C@H](CCNC(N)=NCSSC[C@@H](CCc3ccccc3)CCCC[C@H](O)C1)[C@@H]2CCC(C)C. The average molecular weight is 839 g/mol. The maximum atomic E-state index is 13.8. The van der Waals surface area contributed by atoms with Gasteiger partial charge in [-0.1, -0.05) is 84.7 Å². The van der Waals surface area contributed by atoms with E-state index in [1.807, 2.05) is 27.8 Å². The summed E-state index contributed by atoms with van der Waals surface area (Å²) >= 11 is 0. The zero-order valence-electron chi connectivity index (χ0n) is 35.2. The number of carbonyl (C=O) groups is 2. The Labute approximate surface area is 355 Å². The number of amides is 1. The molecule has 0 spiro atoms. The fraction of sp³-hybridized carbons (Fsp3) is 0.674. The first kappa shape index (κ1) is 46.0. The number of carbonyl (C=O) groups excluding carboxylic acids is 2. The number of benzene rings is 2. The van der Waals surface area contributed by atoms with Gasteiger partial charge >= 0.3 is 5.97 Å². The number of nitrogens with zero attached hydrogens (tertiary/aromatic N) is 2. The second kappa shape index (κ2) is 24.2. The van der Waals surface area contributed by atoms with E-state index in [0.29, 0.717) is 80.2 Å². The second-order valence-electron chi connectivity index (χ2n) is 17.3. The van der Waals surface area contributed by atoms with Crippen LogP contribution in [-0.4, -0.2) is 75.5 Å². The summed E-state index contributed by atoms with van der Waals surface area (Å²) < 4.78 is 12.2. The Morgan fingerprint density at radius 3 is 2.52 bits per heavy atom. The lowest BCUT2D eigenvalue weighted by Crippen LogP contribution is -2.37. The number of nitrogens with two attached hydrogens (primary N) is 1. The summed E-state index contributed by atoms with van der Waals surface area (Å²) in [6.07, 6.45) is 13.5. The number of aliphatic imine (C=N–C) groups is 1. The van der Waals surface area contributed by atoms with Gasteiger partial charge in [0.1, 0.15) is 6.10 Å². The minimum absolute atomic E-state index is 0.0345. The lowest BCUT2D eigenvalue weighted by Gasteiger charge is -2.30. The van der Waals surface area contributed by atoms with Crippen LogP contribution in [0.15, 0.2) is 47.5 Å². The molecule has 5 N–H and O–H groups in total. The van der Waals surface area contributed by atoms with E-state index in [-0.39, 0.29) is 35.7 Å². The van der Waals surface area contributed by atoms with Crippen LogP contribution in [-0.2, 0) is 33.7 Å². The zero-order valence-corrected chi connectivity index (χ0v) is 36.9. The van der Waals surface area contributed by atoms with E-state index in [9.17, 15) is 19.8 Å². The molecule has 5 rings (SSSR count). The lowest BCUT2D eigenvalue weighted by molar-refractivity contribution is -0.148. The van der Waals surface area contributed by atoms with Gasteiger partial charge in [0.2, 0.25) is 5.91 Å². The van der Waals surface area contributed by atoms with Gasteiger partial charge in [0, 0.05) is 50.2 Å². The molecule has 10 nitrogen and oxygen atoms in total. The Bertz CT molecular complexity index is 1590. The third-order valence-corrected chi connectivity index (χ3v) is 14.3. The number of phenols is 1. The van der Waals surface area contributed by atoms with Gasteiger partial charge in [0.05, 0.1) is 18.1 Å². The molecule has 2 fully saturated rings. The van der Waals surface area contributed by atoms with E-state index in [1.54, 1.807) is 10.8 Å². The molecule has 2 aromatic carbocycles. The molecule has 0 radical (unpaired) electrons. The second-order valence-corrected chi connectivity index (χ2v) is 19.8. The summed E-state index contributed by atoms with van der Waals surface area (Å²) in [5, 5.41) is 26.2. The van der Waals surface area contributed by atoms with E-state index < -0.39 is 12.2 Å². The van der Waals surface area contributed by atoms with Gasteiger partial charge in [-0.05, 0) is 118 Å². The molecular formula is C46H70N4O6S2. The largest absolute Gasteiger partial charge is 0.504 e. The lowest BCUT2D eigenvalue weighted by atomic mass is 9.90. The number of rotatable bonds is 9. The molecule has 0 aromatic heterocycles. The van der Waals surface area contributed by atoms with Crippen LogP contribution in [0.5, 0.6) is 11.5 Å². The standard InChI is InChI=1S/C46H70N4O6S2/c1-32(2)17-22-42-37-23-24-48-46(47)49-31-58-57-30-35(19-18-34-11-5-4-6-12-34)13-7-8-14-39(52)28-41(55-33(3)51)21-20-36-25-38(29-50(42)44(53)27-37)45(54)43(26-36)56-40-15-9-10-16-40/h4-6,11-12,25-26,32,35,37,39-42,52,54H,7-10,13-24,27-31H2,1-3H3,(H3,47,48,49)/t35-,37+,39+,41-,42+/m1/s1. The number of esters is 1. The Balaban J connectivity index is 1.36. The van der Waals surface area contributed by atoms with Crippen LogP contribution < -0.4 is 15.8 Å². The smallest absolute Gasteiger partial charge is 0.302 e. The molecular weight excluding hydrogens is 769 g/mol. The number of guanidine groups is 1. The minimum Gasteiger partial charge on any atom is -0.504 e. The monoisotopic (exact) mass is 838 g/mol. The van der Waals surface area contributed by atoms with Crippen LogP contribution in [0.25, 0.3) is 0 Å². The number of aliphatic hydroxyl groups is 1. The van der Waals surface area contributed by atoms with E-state index in [4.69, 9.17) is 15.2 Å². The number of hydrogen-bond donors (Lipinski definition) is 4. The first-order valence-corrected chi connectivity index (χ1v) is 24.5. The number of phenolic OH excluding ortho intramolecular Hbond substituents is 1. The molecule has 2 aromatic rings. The van der Waals surface area contributed by atoms with Crippen LogP contribution in [0, 0.1) is 17.8 Å². The van der Waals surface area contributed by atoms with Crippen LogP contribution in [0.3, 0.4) is 0 Å². The highest BCUT2D eigenvalue weighted by Crippen LogP contribution is 2.40. The van der Waals surface area contributed by atoms with Crippen molar-refractivity contribution in [1.82, 2.24) is 10.2 Å². The van der Waals surface area contributed by atoms with Crippen molar-refractivity contribution >= 4 is 39.4 Å². The van der Waals surface area contributed by atoms with Crippen molar-refractivity contribution in [1.29, 1.82) is 0 Å². The minimum atomic E-state index is -0.582. The van der Waals surface area contributed by atoms with Crippen molar-refractivity contribution < 1.29 is 29.3 Å². The fourth-order valence-electron chi connectivity index (χ4n) is 8.83. The third kappa shape index (κ3) is 15.5.